The molecule has 0 aliphatic rings. The average Bonchev–Trinajstić information content (AvgIpc) is 3.41. The molecule has 156 valence electrons. The molecule has 0 fully saturated rings. The SMILES string of the molecule is CCc1cn2cc(-c3cc(-c4cnnc5c4ncn5CC)ccc3F)c(OC)cc2n1. The first kappa shape index (κ1) is 19.2. The van der Waals surface area contributed by atoms with Crippen molar-refractivity contribution in [1.29, 1.82) is 0 Å². The molecule has 5 rings (SSSR count). The van der Waals surface area contributed by atoms with Gasteiger partial charge in [-0.05, 0) is 31.0 Å². The molecule has 31 heavy (non-hydrogen) atoms. The Bertz CT molecular complexity index is 1420. The lowest BCUT2D eigenvalue weighted by atomic mass is 9.99. The van der Waals surface area contributed by atoms with Gasteiger partial charge in [-0.2, -0.15) is 5.10 Å². The number of rotatable bonds is 5. The van der Waals surface area contributed by atoms with Crippen LogP contribution in [0.1, 0.15) is 19.5 Å². The molecule has 0 saturated carbocycles. The van der Waals surface area contributed by atoms with E-state index in [2.05, 4.69) is 20.2 Å². The largest absolute Gasteiger partial charge is 0.496 e. The van der Waals surface area contributed by atoms with Crippen molar-refractivity contribution in [3.05, 3.63) is 60.7 Å². The number of hydrogen-bond acceptors (Lipinski definition) is 5. The summed E-state index contributed by atoms with van der Waals surface area (Å²) in [5, 5.41) is 8.35. The molecule has 0 radical (unpaired) electrons. The number of hydrogen-bond donors (Lipinski definition) is 0. The summed E-state index contributed by atoms with van der Waals surface area (Å²) in [6.45, 7) is 4.81. The van der Waals surface area contributed by atoms with E-state index in [1.165, 1.54) is 6.07 Å². The Balaban J connectivity index is 1.70. The lowest BCUT2D eigenvalue weighted by Crippen LogP contribution is -1.97. The van der Waals surface area contributed by atoms with Crippen molar-refractivity contribution in [3.63, 3.8) is 0 Å². The summed E-state index contributed by atoms with van der Waals surface area (Å²) in [6, 6.07) is 6.83. The lowest BCUT2D eigenvalue weighted by molar-refractivity contribution is 0.416. The first-order chi connectivity index (χ1) is 15.1. The minimum atomic E-state index is -0.338. The van der Waals surface area contributed by atoms with E-state index in [-0.39, 0.29) is 5.82 Å². The fourth-order valence-corrected chi connectivity index (χ4v) is 3.82. The van der Waals surface area contributed by atoms with Crippen LogP contribution in [0.4, 0.5) is 4.39 Å². The number of aryl methyl sites for hydroxylation is 2. The van der Waals surface area contributed by atoms with E-state index in [1.54, 1.807) is 31.8 Å². The summed E-state index contributed by atoms with van der Waals surface area (Å²) in [5.41, 5.74) is 5.85. The molecule has 0 amide bonds. The Morgan fingerprint density at radius 2 is 1.94 bits per heavy atom. The van der Waals surface area contributed by atoms with Crippen LogP contribution in [0.5, 0.6) is 5.75 Å². The van der Waals surface area contributed by atoms with E-state index in [0.29, 0.717) is 22.5 Å². The maximum atomic E-state index is 15.0. The van der Waals surface area contributed by atoms with Crippen LogP contribution < -0.4 is 4.74 Å². The monoisotopic (exact) mass is 416 g/mol. The summed E-state index contributed by atoms with van der Waals surface area (Å²) in [7, 11) is 1.58. The minimum Gasteiger partial charge on any atom is -0.496 e. The van der Waals surface area contributed by atoms with E-state index >= 15 is 4.39 Å². The van der Waals surface area contributed by atoms with Crippen LogP contribution in [0.3, 0.4) is 0 Å². The van der Waals surface area contributed by atoms with Crippen molar-refractivity contribution in [3.8, 4) is 28.0 Å². The Hall–Kier alpha value is -3.81. The third kappa shape index (κ3) is 3.11. The minimum absolute atomic E-state index is 0.338. The topological polar surface area (TPSA) is 70.1 Å². The highest BCUT2D eigenvalue weighted by Crippen LogP contribution is 2.36. The summed E-state index contributed by atoms with van der Waals surface area (Å²) in [6.07, 6.45) is 8.03. The van der Waals surface area contributed by atoms with Crippen LogP contribution in [0.15, 0.2) is 49.2 Å². The molecule has 0 atom stereocenters. The van der Waals surface area contributed by atoms with Gasteiger partial charge in [0.2, 0.25) is 0 Å². The van der Waals surface area contributed by atoms with Crippen molar-refractivity contribution < 1.29 is 9.13 Å². The smallest absolute Gasteiger partial charge is 0.183 e. The highest BCUT2D eigenvalue weighted by molar-refractivity contribution is 5.90. The Morgan fingerprint density at radius 1 is 1.06 bits per heavy atom. The number of nitrogens with zero attached hydrogens (tertiary/aromatic N) is 6. The maximum absolute atomic E-state index is 15.0. The average molecular weight is 416 g/mol. The Morgan fingerprint density at radius 3 is 2.71 bits per heavy atom. The first-order valence-corrected chi connectivity index (χ1v) is 10.1. The third-order valence-electron chi connectivity index (χ3n) is 5.50. The fraction of sp³-hybridized carbons (Fsp3) is 0.217. The molecule has 8 heteroatoms. The standard InChI is InChI=1S/C23H21FN6O/c1-4-15-11-30-12-18(20(31-3)9-21(30)27-15)16-8-14(6-7-19(16)24)17-10-26-28-23-22(17)25-13-29(23)5-2/h6-13H,4-5H2,1-3H3. The van der Waals surface area contributed by atoms with Gasteiger partial charge < -0.3 is 13.7 Å². The molecule has 4 aromatic heterocycles. The van der Waals surface area contributed by atoms with Crippen LogP contribution >= 0.6 is 0 Å². The second-order valence-corrected chi connectivity index (χ2v) is 7.26. The molecule has 0 spiro atoms. The third-order valence-corrected chi connectivity index (χ3v) is 5.50. The molecule has 7 nitrogen and oxygen atoms in total. The number of pyridine rings is 1. The molecule has 0 N–H and O–H groups in total. The van der Waals surface area contributed by atoms with Gasteiger partial charge in [-0.25, -0.2) is 14.4 Å². The first-order valence-electron chi connectivity index (χ1n) is 10.1. The number of fused-ring (bicyclic) bond motifs is 2. The zero-order valence-electron chi connectivity index (χ0n) is 17.5. The molecule has 0 bridgehead atoms. The molecule has 0 unspecified atom stereocenters. The number of benzene rings is 1. The van der Waals surface area contributed by atoms with Gasteiger partial charge in [-0.3, -0.25) is 0 Å². The van der Waals surface area contributed by atoms with Crippen molar-refractivity contribution >= 4 is 16.8 Å². The normalized spacial score (nSPS) is 11.5. The van der Waals surface area contributed by atoms with Gasteiger partial charge in [-0.15, -0.1) is 5.10 Å². The number of imidazole rings is 2. The zero-order valence-corrected chi connectivity index (χ0v) is 17.5. The van der Waals surface area contributed by atoms with Crippen molar-refractivity contribution in [1.82, 2.24) is 29.1 Å². The number of halogens is 1. The predicted octanol–water partition coefficient (Wildman–Crippen LogP) is 4.54. The molecule has 5 aromatic rings. The van der Waals surface area contributed by atoms with E-state index in [0.717, 1.165) is 41.0 Å². The van der Waals surface area contributed by atoms with E-state index in [4.69, 9.17) is 4.74 Å². The van der Waals surface area contributed by atoms with E-state index in [9.17, 15) is 0 Å². The highest BCUT2D eigenvalue weighted by atomic mass is 19.1. The molecular weight excluding hydrogens is 395 g/mol. The summed E-state index contributed by atoms with van der Waals surface area (Å²) in [5.74, 6) is 0.222. The number of ether oxygens (including phenoxy) is 1. The second kappa shape index (κ2) is 7.46. The molecular formula is C23H21FN6O. The van der Waals surface area contributed by atoms with Crippen LogP contribution in [-0.4, -0.2) is 36.2 Å². The van der Waals surface area contributed by atoms with Gasteiger partial charge in [0.15, 0.2) is 5.65 Å². The highest BCUT2D eigenvalue weighted by Gasteiger charge is 2.17. The van der Waals surface area contributed by atoms with Crippen molar-refractivity contribution in [2.75, 3.05) is 7.11 Å². The maximum Gasteiger partial charge on any atom is 0.183 e. The van der Waals surface area contributed by atoms with Gasteiger partial charge in [0.25, 0.3) is 0 Å². The van der Waals surface area contributed by atoms with Crippen molar-refractivity contribution in [2.24, 2.45) is 0 Å². The molecule has 0 saturated heterocycles. The lowest BCUT2D eigenvalue weighted by Gasteiger charge is -2.12. The number of aromatic nitrogens is 6. The van der Waals surface area contributed by atoms with E-state index in [1.807, 2.05) is 41.3 Å². The second-order valence-electron chi connectivity index (χ2n) is 7.26. The van der Waals surface area contributed by atoms with Gasteiger partial charge in [0.1, 0.15) is 22.7 Å². The Kier molecular flexibility index (Phi) is 4.62. The Labute approximate surface area is 178 Å². The van der Waals surface area contributed by atoms with Crippen LogP contribution in [-0.2, 0) is 13.0 Å². The summed E-state index contributed by atoms with van der Waals surface area (Å²) >= 11 is 0. The molecule has 0 aliphatic heterocycles. The molecule has 1 aromatic carbocycles. The summed E-state index contributed by atoms with van der Waals surface area (Å²) in [4.78, 5) is 9.08. The van der Waals surface area contributed by atoms with Gasteiger partial charge >= 0.3 is 0 Å². The molecule has 4 heterocycles. The van der Waals surface area contributed by atoms with Crippen molar-refractivity contribution in [2.45, 2.75) is 26.8 Å². The van der Waals surface area contributed by atoms with Crippen LogP contribution in [0.25, 0.3) is 39.1 Å². The van der Waals surface area contributed by atoms with Gasteiger partial charge in [0, 0.05) is 41.7 Å². The fourth-order valence-electron chi connectivity index (χ4n) is 3.82. The van der Waals surface area contributed by atoms with Gasteiger partial charge in [-0.1, -0.05) is 13.0 Å². The zero-order chi connectivity index (χ0) is 21.5. The summed E-state index contributed by atoms with van der Waals surface area (Å²) < 4.78 is 24.4. The van der Waals surface area contributed by atoms with E-state index < -0.39 is 0 Å². The van der Waals surface area contributed by atoms with Crippen LogP contribution in [0, 0.1) is 5.82 Å². The van der Waals surface area contributed by atoms with Gasteiger partial charge in [0.05, 0.1) is 25.3 Å². The molecule has 0 aliphatic carbocycles. The predicted molar refractivity (Wildman–Crippen MR) is 117 cm³/mol. The van der Waals surface area contributed by atoms with Crippen LogP contribution in [0.2, 0.25) is 0 Å². The number of methoxy groups -OCH3 is 1. The quantitative estimate of drug-likeness (QED) is 0.421.